The predicted octanol–water partition coefficient (Wildman–Crippen LogP) is 3.36. The summed E-state index contributed by atoms with van der Waals surface area (Å²) in [6, 6.07) is 0. The number of hydrogen-bond donors (Lipinski definition) is 0. The molecule has 0 amide bonds. The zero-order valence-corrected chi connectivity index (χ0v) is 11.5. The van der Waals surface area contributed by atoms with Crippen molar-refractivity contribution in [2.45, 2.75) is 51.8 Å². The first-order valence-corrected chi connectivity index (χ1v) is 7.49. The van der Waals surface area contributed by atoms with Gasteiger partial charge in [-0.15, -0.1) is 5.10 Å². The van der Waals surface area contributed by atoms with Gasteiger partial charge in [0.25, 0.3) is 0 Å². The third-order valence-electron chi connectivity index (χ3n) is 2.55. The molecule has 92 valence electrons. The second-order valence-electron chi connectivity index (χ2n) is 4.65. The third-order valence-corrected chi connectivity index (χ3v) is 3.13. The van der Waals surface area contributed by atoms with Crippen LogP contribution in [-0.2, 0) is 12.3 Å². The first-order chi connectivity index (χ1) is 7.72. The summed E-state index contributed by atoms with van der Waals surface area (Å²) in [5, 5.41) is 8.25. The Morgan fingerprint density at radius 2 is 2.12 bits per heavy atom. The van der Waals surface area contributed by atoms with E-state index in [9.17, 15) is 0 Å². The highest BCUT2D eigenvalue weighted by atomic mass is 32.2. The van der Waals surface area contributed by atoms with E-state index >= 15 is 0 Å². The van der Waals surface area contributed by atoms with Gasteiger partial charge < -0.3 is 0 Å². The number of rotatable bonds is 8. The number of nitrogens with zero attached hydrogens (tertiary/aromatic N) is 3. The molecule has 16 heavy (non-hydrogen) atoms. The van der Waals surface area contributed by atoms with E-state index in [4.69, 9.17) is 0 Å². The van der Waals surface area contributed by atoms with Crippen molar-refractivity contribution in [1.29, 1.82) is 0 Å². The van der Waals surface area contributed by atoms with Crippen LogP contribution in [-0.4, -0.2) is 21.2 Å². The number of hydrogen-bond acceptors (Lipinski definition) is 3. The Balaban J connectivity index is 2.12. The van der Waals surface area contributed by atoms with Crippen molar-refractivity contribution in [2.75, 3.05) is 6.26 Å². The van der Waals surface area contributed by atoms with Gasteiger partial charge in [-0.25, -0.2) is 0 Å². The molecule has 0 radical (unpaired) electrons. The number of thioether (sulfide) groups is 1. The van der Waals surface area contributed by atoms with Crippen molar-refractivity contribution in [2.24, 2.45) is 5.92 Å². The van der Waals surface area contributed by atoms with Crippen molar-refractivity contribution in [3.63, 3.8) is 0 Å². The molecular formula is C12H23N3S. The summed E-state index contributed by atoms with van der Waals surface area (Å²) in [6.07, 6.45) is 9.35. The van der Waals surface area contributed by atoms with Crippen molar-refractivity contribution >= 4 is 11.8 Å². The van der Waals surface area contributed by atoms with E-state index in [1.54, 1.807) is 11.8 Å². The number of unbranched alkanes of at least 4 members (excludes halogenated alkanes) is 2. The molecule has 1 aromatic heterocycles. The number of aromatic nitrogens is 3. The molecule has 3 nitrogen and oxygen atoms in total. The van der Waals surface area contributed by atoms with E-state index in [0.717, 1.165) is 23.9 Å². The van der Waals surface area contributed by atoms with E-state index in [1.807, 2.05) is 4.68 Å². The van der Waals surface area contributed by atoms with Crippen LogP contribution in [0.5, 0.6) is 0 Å². The highest BCUT2D eigenvalue weighted by Crippen LogP contribution is 2.09. The Morgan fingerprint density at radius 1 is 1.31 bits per heavy atom. The fourth-order valence-corrected chi connectivity index (χ4v) is 2.09. The molecule has 0 fully saturated rings. The fourth-order valence-electron chi connectivity index (χ4n) is 1.66. The Morgan fingerprint density at radius 3 is 2.81 bits per heavy atom. The molecule has 0 atom stereocenters. The summed E-state index contributed by atoms with van der Waals surface area (Å²) < 4.78 is 1.97. The lowest BCUT2D eigenvalue weighted by Crippen LogP contribution is -1.99. The minimum Gasteiger partial charge on any atom is -0.252 e. The second-order valence-corrected chi connectivity index (χ2v) is 5.52. The maximum Gasteiger partial charge on any atom is 0.0925 e. The first kappa shape index (κ1) is 13.6. The summed E-state index contributed by atoms with van der Waals surface area (Å²) in [7, 11) is 0. The fraction of sp³-hybridized carbons (Fsp3) is 0.833. The largest absolute Gasteiger partial charge is 0.252 e. The maximum absolute atomic E-state index is 4.13. The van der Waals surface area contributed by atoms with Gasteiger partial charge >= 0.3 is 0 Å². The van der Waals surface area contributed by atoms with E-state index < -0.39 is 0 Å². The summed E-state index contributed by atoms with van der Waals surface area (Å²) in [5.41, 5.74) is 1.09. The van der Waals surface area contributed by atoms with Crippen molar-refractivity contribution < 1.29 is 0 Å². The van der Waals surface area contributed by atoms with E-state index in [1.165, 1.54) is 25.7 Å². The zero-order valence-electron chi connectivity index (χ0n) is 10.6. The van der Waals surface area contributed by atoms with Crippen LogP contribution in [0.15, 0.2) is 6.20 Å². The minimum atomic E-state index is 0.833. The molecule has 0 aliphatic heterocycles. The van der Waals surface area contributed by atoms with Gasteiger partial charge in [-0.2, -0.15) is 11.8 Å². The van der Waals surface area contributed by atoms with Gasteiger partial charge in [0.1, 0.15) is 0 Å². The molecule has 1 rings (SSSR count). The van der Waals surface area contributed by atoms with Gasteiger partial charge in [-0.3, -0.25) is 4.68 Å². The average Bonchev–Trinajstić information content (AvgIpc) is 2.65. The van der Waals surface area contributed by atoms with Crippen LogP contribution in [0.4, 0.5) is 0 Å². The van der Waals surface area contributed by atoms with Crippen LogP contribution in [0, 0.1) is 5.92 Å². The summed E-state index contributed by atoms with van der Waals surface area (Å²) >= 11 is 1.79. The van der Waals surface area contributed by atoms with Crippen LogP contribution in [0.1, 0.15) is 45.2 Å². The predicted molar refractivity (Wildman–Crippen MR) is 70.5 cm³/mol. The van der Waals surface area contributed by atoms with E-state index in [0.29, 0.717) is 0 Å². The molecule has 0 aliphatic rings. The second kappa shape index (κ2) is 7.71. The average molecular weight is 241 g/mol. The SMILES string of the molecule is CSCc1cn(CCCCCC(C)C)nn1. The molecule has 0 N–H and O–H groups in total. The normalized spacial score (nSPS) is 11.2. The molecule has 0 saturated heterocycles. The molecule has 0 spiro atoms. The molecule has 0 aliphatic carbocycles. The van der Waals surface area contributed by atoms with Crippen LogP contribution in [0.25, 0.3) is 0 Å². The standard InChI is InChI=1S/C12H23N3S/c1-11(2)7-5-4-6-8-15-9-12(10-16-3)13-14-15/h9,11H,4-8,10H2,1-3H3. The number of aryl methyl sites for hydroxylation is 1. The Bertz CT molecular complexity index is 284. The molecule has 1 heterocycles. The van der Waals surface area contributed by atoms with Crippen molar-refractivity contribution in [3.8, 4) is 0 Å². The summed E-state index contributed by atoms with van der Waals surface area (Å²) in [4.78, 5) is 0. The summed E-state index contributed by atoms with van der Waals surface area (Å²) in [6.45, 7) is 5.58. The smallest absolute Gasteiger partial charge is 0.0925 e. The van der Waals surface area contributed by atoms with Gasteiger partial charge in [0.2, 0.25) is 0 Å². The molecule has 0 bridgehead atoms. The third kappa shape index (κ3) is 5.54. The molecule has 0 unspecified atom stereocenters. The zero-order chi connectivity index (χ0) is 11.8. The van der Waals surface area contributed by atoms with Gasteiger partial charge in [-0.05, 0) is 18.6 Å². The lowest BCUT2D eigenvalue weighted by atomic mass is 10.1. The lowest BCUT2D eigenvalue weighted by Gasteiger charge is -2.03. The van der Waals surface area contributed by atoms with Crippen LogP contribution < -0.4 is 0 Å². The lowest BCUT2D eigenvalue weighted by molar-refractivity contribution is 0.487. The van der Waals surface area contributed by atoms with Crippen molar-refractivity contribution in [1.82, 2.24) is 15.0 Å². The van der Waals surface area contributed by atoms with E-state index in [-0.39, 0.29) is 0 Å². The Hall–Kier alpha value is -0.510. The van der Waals surface area contributed by atoms with Crippen LogP contribution in [0.3, 0.4) is 0 Å². The highest BCUT2D eigenvalue weighted by Gasteiger charge is 1.99. The van der Waals surface area contributed by atoms with E-state index in [2.05, 4.69) is 36.6 Å². The first-order valence-electron chi connectivity index (χ1n) is 6.10. The quantitative estimate of drug-likeness (QED) is 0.654. The van der Waals surface area contributed by atoms with Crippen LogP contribution in [0.2, 0.25) is 0 Å². The van der Waals surface area contributed by atoms with Crippen LogP contribution >= 0.6 is 11.8 Å². The Labute approximate surface area is 103 Å². The van der Waals surface area contributed by atoms with Gasteiger partial charge in [0, 0.05) is 18.5 Å². The molecule has 0 aromatic carbocycles. The molecule has 0 saturated carbocycles. The molecular weight excluding hydrogens is 218 g/mol. The minimum absolute atomic E-state index is 0.833. The van der Waals surface area contributed by atoms with Gasteiger partial charge in [0.05, 0.1) is 5.69 Å². The van der Waals surface area contributed by atoms with Gasteiger partial charge in [0.15, 0.2) is 0 Å². The van der Waals surface area contributed by atoms with Crippen molar-refractivity contribution in [3.05, 3.63) is 11.9 Å². The highest BCUT2D eigenvalue weighted by molar-refractivity contribution is 7.97. The molecule has 4 heteroatoms. The Kier molecular flexibility index (Phi) is 6.53. The topological polar surface area (TPSA) is 30.7 Å². The van der Waals surface area contributed by atoms with Gasteiger partial charge in [-0.1, -0.05) is 38.3 Å². The monoisotopic (exact) mass is 241 g/mol. The molecule has 1 aromatic rings. The maximum atomic E-state index is 4.13. The summed E-state index contributed by atoms with van der Waals surface area (Å²) in [5.74, 6) is 1.80.